The van der Waals surface area contributed by atoms with Crippen molar-refractivity contribution in [2.75, 3.05) is 13.1 Å². The van der Waals surface area contributed by atoms with Gasteiger partial charge in [-0.15, -0.1) is 0 Å². The average Bonchev–Trinajstić information content (AvgIpc) is 3.33. The van der Waals surface area contributed by atoms with Gasteiger partial charge in [0, 0.05) is 31.9 Å². The molecule has 0 aliphatic rings. The molecule has 1 aromatic carbocycles. The number of aliphatic imine (C=N–C) groups is 1. The van der Waals surface area contributed by atoms with Crippen LogP contribution in [0.4, 0.5) is 0 Å². The van der Waals surface area contributed by atoms with Crippen molar-refractivity contribution in [3.63, 3.8) is 0 Å². The highest BCUT2D eigenvalue weighted by molar-refractivity contribution is 5.79. The molecule has 3 aromatic rings. The molecule has 0 amide bonds. The summed E-state index contributed by atoms with van der Waals surface area (Å²) in [6.45, 7) is 6.23. The highest BCUT2D eigenvalue weighted by Crippen LogP contribution is 2.19. The minimum absolute atomic E-state index is 0.466. The largest absolute Gasteiger partial charge is 0.444 e. The number of guanidine groups is 1. The first-order valence-corrected chi connectivity index (χ1v) is 9.65. The quantitative estimate of drug-likeness (QED) is 0.357. The first-order chi connectivity index (χ1) is 13.6. The molecule has 0 aliphatic heterocycles. The third kappa shape index (κ3) is 5.70. The van der Waals surface area contributed by atoms with Gasteiger partial charge < -0.3 is 15.1 Å². The fourth-order valence-corrected chi connectivity index (χ4v) is 2.81. The van der Waals surface area contributed by atoms with Crippen molar-refractivity contribution in [2.24, 2.45) is 12.0 Å². The van der Waals surface area contributed by atoms with Crippen LogP contribution in [0.5, 0.6) is 0 Å². The number of nitrogens with one attached hydrogen (secondary N) is 2. The summed E-state index contributed by atoms with van der Waals surface area (Å²) in [5.74, 6) is 1.41. The molecule has 7 heteroatoms. The van der Waals surface area contributed by atoms with Gasteiger partial charge in [0.1, 0.15) is 12.0 Å². The normalized spacial score (nSPS) is 11.6. The summed E-state index contributed by atoms with van der Waals surface area (Å²) in [7, 11) is 1.94. The van der Waals surface area contributed by atoms with Gasteiger partial charge in [-0.2, -0.15) is 5.10 Å². The van der Waals surface area contributed by atoms with Crippen LogP contribution in [0.2, 0.25) is 0 Å². The zero-order chi connectivity index (χ0) is 19.8. The van der Waals surface area contributed by atoms with Crippen molar-refractivity contribution in [1.29, 1.82) is 0 Å². The first kappa shape index (κ1) is 19.7. The maximum Gasteiger partial charge on any atom is 0.226 e. The Morgan fingerprint density at radius 2 is 2.04 bits per heavy atom. The van der Waals surface area contributed by atoms with Crippen LogP contribution < -0.4 is 10.6 Å². The Hall–Kier alpha value is -3.09. The molecule has 7 nitrogen and oxygen atoms in total. The monoisotopic (exact) mass is 380 g/mol. The number of hydrogen-bond donors (Lipinski definition) is 2. The smallest absolute Gasteiger partial charge is 0.226 e. The molecule has 0 saturated heterocycles. The molecule has 0 spiro atoms. The summed E-state index contributed by atoms with van der Waals surface area (Å²) >= 11 is 0. The van der Waals surface area contributed by atoms with Crippen molar-refractivity contribution in [2.45, 2.75) is 33.2 Å². The lowest BCUT2D eigenvalue weighted by Gasteiger charge is -2.10. The molecule has 0 atom stereocenters. The van der Waals surface area contributed by atoms with E-state index >= 15 is 0 Å². The van der Waals surface area contributed by atoms with Crippen LogP contribution in [-0.2, 0) is 20.0 Å². The van der Waals surface area contributed by atoms with Crippen molar-refractivity contribution in [3.8, 4) is 11.5 Å². The van der Waals surface area contributed by atoms with E-state index in [1.165, 1.54) is 11.1 Å². The van der Waals surface area contributed by atoms with Gasteiger partial charge in [0.05, 0.1) is 12.7 Å². The van der Waals surface area contributed by atoms with Crippen LogP contribution >= 0.6 is 0 Å². The van der Waals surface area contributed by atoms with Crippen LogP contribution in [0.25, 0.3) is 11.5 Å². The summed E-state index contributed by atoms with van der Waals surface area (Å²) in [6.07, 6.45) is 7.64. The van der Waals surface area contributed by atoms with Crippen molar-refractivity contribution in [3.05, 3.63) is 59.7 Å². The second-order valence-electron chi connectivity index (χ2n) is 6.76. The molecule has 3 rings (SSSR count). The van der Waals surface area contributed by atoms with E-state index in [0.717, 1.165) is 43.1 Å². The van der Waals surface area contributed by atoms with Gasteiger partial charge in [-0.05, 0) is 44.4 Å². The number of benzene rings is 1. The maximum atomic E-state index is 5.60. The summed E-state index contributed by atoms with van der Waals surface area (Å²) in [4.78, 5) is 9.15. The summed E-state index contributed by atoms with van der Waals surface area (Å²) in [5.41, 5.74) is 4.24. The predicted octanol–water partition coefficient (Wildman–Crippen LogP) is 3.07. The molecule has 0 saturated carbocycles. The maximum absolute atomic E-state index is 5.60. The van der Waals surface area contributed by atoms with Gasteiger partial charge in [-0.25, -0.2) is 9.98 Å². The van der Waals surface area contributed by atoms with Crippen LogP contribution in [-0.4, -0.2) is 33.8 Å². The van der Waals surface area contributed by atoms with Crippen LogP contribution in [0.15, 0.2) is 52.3 Å². The van der Waals surface area contributed by atoms with Crippen LogP contribution in [0.1, 0.15) is 30.2 Å². The average molecular weight is 380 g/mol. The Morgan fingerprint density at radius 3 is 2.75 bits per heavy atom. The fraction of sp³-hybridized carbons (Fsp3) is 0.381. The van der Waals surface area contributed by atoms with Gasteiger partial charge in [0.2, 0.25) is 5.89 Å². The second kappa shape index (κ2) is 9.73. The minimum atomic E-state index is 0.466. The van der Waals surface area contributed by atoms with Gasteiger partial charge in [-0.1, -0.05) is 17.7 Å². The molecule has 0 fully saturated rings. The first-order valence-electron chi connectivity index (χ1n) is 9.65. The van der Waals surface area contributed by atoms with Crippen molar-refractivity contribution in [1.82, 2.24) is 25.4 Å². The van der Waals surface area contributed by atoms with E-state index in [1.54, 1.807) is 6.26 Å². The Labute approximate surface area is 165 Å². The Morgan fingerprint density at radius 1 is 1.21 bits per heavy atom. The molecular weight excluding hydrogens is 352 g/mol. The van der Waals surface area contributed by atoms with Crippen LogP contribution in [0.3, 0.4) is 0 Å². The topological polar surface area (TPSA) is 80.3 Å². The lowest BCUT2D eigenvalue weighted by molar-refractivity contribution is 0.572. The summed E-state index contributed by atoms with van der Waals surface area (Å²) in [6, 6.07) is 8.14. The number of nitrogens with zero attached hydrogens (tertiary/aromatic N) is 4. The third-order valence-electron chi connectivity index (χ3n) is 4.29. The SMILES string of the molecule is CCNC(=NCc1coc(-c2ccc(C)cc2)n1)NCCCc1cnn(C)c1. The lowest BCUT2D eigenvalue weighted by Crippen LogP contribution is -2.37. The molecule has 148 valence electrons. The van der Waals surface area contributed by atoms with E-state index in [0.29, 0.717) is 12.4 Å². The van der Waals surface area contributed by atoms with Crippen molar-refractivity contribution < 1.29 is 4.42 Å². The van der Waals surface area contributed by atoms with Gasteiger partial charge in [0.15, 0.2) is 5.96 Å². The summed E-state index contributed by atoms with van der Waals surface area (Å²) in [5, 5.41) is 10.8. The molecule has 28 heavy (non-hydrogen) atoms. The van der Waals surface area contributed by atoms with E-state index in [-0.39, 0.29) is 0 Å². The summed E-state index contributed by atoms with van der Waals surface area (Å²) < 4.78 is 7.43. The van der Waals surface area contributed by atoms with E-state index in [4.69, 9.17) is 4.42 Å². The molecule has 0 unspecified atom stereocenters. The number of rotatable bonds is 8. The predicted molar refractivity (Wildman–Crippen MR) is 111 cm³/mol. The zero-order valence-electron chi connectivity index (χ0n) is 16.8. The Balaban J connectivity index is 1.51. The highest BCUT2D eigenvalue weighted by Gasteiger charge is 2.07. The van der Waals surface area contributed by atoms with Crippen LogP contribution in [0, 0.1) is 6.92 Å². The molecule has 0 bridgehead atoms. The van der Waals surface area contributed by atoms with Gasteiger partial charge in [0.25, 0.3) is 0 Å². The Kier molecular flexibility index (Phi) is 6.84. The third-order valence-corrected chi connectivity index (χ3v) is 4.29. The standard InChI is InChI=1S/C21H28N6O/c1-4-22-21(23-11-5-6-17-12-25-27(3)14-17)24-13-19-15-28-20(26-19)18-9-7-16(2)8-10-18/h7-10,12,14-15H,4-6,11,13H2,1-3H3,(H2,22,23,24). The number of aromatic nitrogens is 3. The molecule has 2 N–H and O–H groups in total. The molecular formula is C21H28N6O. The van der Waals surface area contributed by atoms with E-state index in [2.05, 4.69) is 57.9 Å². The number of hydrogen-bond acceptors (Lipinski definition) is 4. The molecule has 2 heterocycles. The van der Waals surface area contributed by atoms with E-state index in [9.17, 15) is 0 Å². The fourth-order valence-electron chi connectivity index (χ4n) is 2.81. The molecule has 0 radical (unpaired) electrons. The van der Waals surface area contributed by atoms with Crippen molar-refractivity contribution >= 4 is 5.96 Å². The second-order valence-corrected chi connectivity index (χ2v) is 6.76. The van der Waals surface area contributed by atoms with Gasteiger partial charge >= 0.3 is 0 Å². The Bertz CT molecular complexity index is 894. The lowest BCUT2D eigenvalue weighted by atomic mass is 10.1. The minimum Gasteiger partial charge on any atom is -0.444 e. The number of aryl methyl sites for hydroxylation is 3. The highest BCUT2D eigenvalue weighted by atomic mass is 16.3. The number of oxazole rings is 1. The van der Waals surface area contributed by atoms with E-state index in [1.807, 2.05) is 30.1 Å². The molecule has 2 aromatic heterocycles. The van der Waals surface area contributed by atoms with E-state index < -0.39 is 0 Å². The van der Waals surface area contributed by atoms with Gasteiger partial charge in [-0.3, -0.25) is 4.68 Å². The molecule has 0 aliphatic carbocycles. The zero-order valence-corrected chi connectivity index (χ0v) is 16.8.